The minimum atomic E-state index is -3.11. The van der Waals surface area contributed by atoms with Gasteiger partial charge in [0.05, 0.1) is 5.75 Å². The van der Waals surface area contributed by atoms with Crippen molar-refractivity contribution in [2.45, 2.75) is 12.3 Å². The normalized spacial score (nSPS) is 12.1. The van der Waals surface area contributed by atoms with Gasteiger partial charge in [-0.05, 0) is 35.4 Å². The largest absolute Gasteiger partial charge is 0.328 e. The molecule has 3 rings (SSSR count). The molecule has 0 radical (unpaired) electrons. The maximum atomic E-state index is 12.5. The van der Waals surface area contributed by atoms with Crippen LogP contribution < -0.4 is 5.49 Å². The van der Waals surface area contributed by atoms with Gasteiger partial charge in [-0.25, -0.2) is 8.42 Å². The first-order valence-electron chi connectivity index (χ1n) is 8.46. The molecule has 138 valence electrons. The molecule has 2 aromatic carbocycles. The minimum absolute atomic E-state index is 0.0472. The van der Waals surface area contributed by atoms with Crippen molar-refractivity contribution in [3.05, 3.63) is 101 Å². The van der Waals surface area contributed by atoms with Crippen LogP contribution in [0.25, 0.3) is 0 Å². The molecule has 0 spiro atoms. The maximum absolute atomic E-state index is 12.5. The highest BCUT2D eigenvalue weighted by Crippen LogP contribution is 2.09. The Bertz CT molecular complexity index is 1100. The van der Waals surface area contributed by atoms with Gasteiger partial charge in [0, 0.05) is 24.6 Å². The van der Waals surface area contributed by atoms with Gasteiger partial charge >= 0.3 is 0 Å². The van der Waals surface area contributed by atoms with Crippen molar-refractivity contribution in [3.63, 3.8) is 0 Å². The van der Waals surface area contributed by atoms with E-state index in [0.29, 0.717) is 23.2 Å². The SMILES string of the molecule is CS(=O)(=O)Cc1ccc(C(=O)N=c2ccccn2Cc2ccccc2)cc1. The summed E-state index contributed by atoms with van der Waals surface area (Å²) in [5.41, 5.74) is 2.74. The summed E-state index contributed by atoms with van der Waals surface area (Å²) in [6, 6.07) is 22.0. The Morgan fingerprint density at radius 2 is 1.56 bits per heavy atom. The van der Waals surface area contributed by atoms with Gasteiger partial charge < -0.3 is 4.57 Å². The lowest BCUT2D eigenvalue weighted by atomic mass is 10.1. The molecule has 0 aliphatic heterocycles. The number of benzene rings is 2. The second-order valence-corrected chi connectivity index (χ2v) is 8.50. The number of carbonyl (C=O) groups is 1. The van der Waals surface area contributed by atoms with E-state index in [9.17, 15) is 13.2 Å². The molecule has 0 bridgehead atoms. The second-order valence-electron chi connectivity index (χ2n) is 6.36. The molecule has 0 aliphatic carbocycles. The van der Waals surface area contributed by atoms with Gasteiger partial charge in [0.15, 0.2) is 9.84 Å². The minimum Gasteiger partial charge on any atom is -0.328 e. The summed E-state index contributed by atoms with van der Waals surface area (Å²) in [7, 11) is -3.11. The Kier molecular flexibility index (Phi) is 5.66. The molecule has 0 aliphatic rings. The van der Waals surface area contributed by atoms with Gasteiger partial charge in [-0.15, -0.1) is 0 Å². The quantitative estimate of drug-likeness (QED) is 0.683. The first-order valence-corrected chi connectivity index (χ1v) is 10.5. The van der Waals surface area contributed by atoms with E-state index in [-0.39, 0.29) is 11.7 Å². The van der Waals surface area contributed by atoms with E-state index >= 15 is 0 Å². The van der Waals surface area contributed by atoms with Crippen LogP contribution in [0.3, 0.4) is 0 Å². The third-order valence-corrected chi connectivity index (χ3v) is 4.82. The van der Waals surface area contributed by atoms with Crippen LogP contribution in [-0.4, -0.2) is 25.1 Å². The van der Waals surface area contributed by atoms with Crippen molar-refractivity contribution in [2.24, 2.45) is 4.99 Å². The highest BCUT2D eigenvalue weighted by Gasteiger charge is 2.08. The van der Waals surface area contributed by atoms with Gasteiger partial charge in [0.25, 0.3) is 5.91 Å². The second kappa shape index (κ2) is 8.14. The zero-order valence-electron chi connectivity index (χ0n) is 14.9. The Labute approximate surface area is 158 Å². The fourth-order valence-electron chi connectivity index (χ4n) is 2.70. The fourth-order valence-corrected chi connectivity index (χ4v) is 3.50. The number of sulfone groups is 1. The number of hydrogen-bond acceptors (Lipinski definition) is 3. The highest BCUT2D eigenvalue weighted by atomic mass is 32.2. The molecular weight excluding hydrogens is 360 g/mol. The monoisotopic (exact) mass is 380 g/mol. The smallest absolute Gasteiger partial charge is 0.278 e. The summed E-state index contributed by atoms with van der Waals surface area (Å²) >= 11 is 0. The van der Waals surface area contributed by atoms with Crippen LogP contribution in [0.15, 0.2) is 84.0 Å². The number of rotatable bonds is 5. The molecule has 1 aromatic heterocycles. The summed E-state index contributed by atoms with van der Waals surface area (Å²) in [6.45, 7) is 0.612. The van der Waals surface area contributed by atoms with Crippen molar-refractivity contribution in [1.82, 2.24) is 4.57 Å². The summed E-state index contributed by atoms with van der Waals surface area (Å²) in [5.74, 6) is -0.414. The van der Waals surface area contributed by atoms with Gasteiger partial charge in [-0.3, -0.25) is 4.79 Å². The Hall–Kier alpha value is -2.99. The molecule has 0 saturated heterocycles. The Morgan fingerprint density at radius 1 is 0.889 bits per heavy atom. The Balaban J connectivity index is 1.85. The molecule has 0 fully saturated rings. The standard InChI is InChI=1S/C21H20N2O3S/c1-27(25,26)16-18-10-12-19(13-11-18)21(24)22-20-9-5-6-14-23(20)15-17-7-3-2-4-8-17/h2-14H,15-16H2,1H3. The number of carbonyl (C=O) groups excluding carboxylic acids is 1. The van der Waals surface area contributed by atoms with Crippen molar-refractivity contribution in [1.29, 1.82) is 0 Å². The molecule has 1 heterocycles. The van der Waals surface area contributed by atoms with Crippen molar-refractivity contribution in [3.8, 4) is 0 Å². The molecule has 1 amide bonds. The van der Waals surface area contributed by atoms with Crippen LogP contribution in [0, 0.1) is 0 Å². The van der Waals surface area contributed by atoms with E-state index in [2.05, 4.69) is 4.99 Å². The molecule has 27 heavy (non-hydrogen) atoms. The number of nitrogens with zero attached hydrogens (tertiary/aromatic N) is 2. The summed E-state index contributed by atoms with van der Waals surface area (Å²) in [6.07, 6.45) is 3.07. The van der Waals surface area contributed by atoms with Crippen LogP contribution in [0.1, 0.15) is 21.5 Å². The van der Waals surface area contributed by atoms with E-state index in [1.54, 1.807) is 30.3 Å². The first kappa shape index (κ1) is 18.8. The molecule has 6 heteroatoms. The van der Waals surface area contributed by atoms with Crippen molar-refractivity contribution >= 4 is 15.7 Å². The summed E-state index contributed by atoms with van der Waals surface area (Å²) in [4.78, 5) is 16.8. The zero-order chi connectivity index (χ0) is 19.3. The van der Waals surface area contributed by atoms with E-state index < -0.39 is 9.84 Å². The highest BCUT2D eigenvalue weighted by molar-refractivity contribution is 7.89. The Morgan fingerprint density at radius 3 is 2.22 bits per heavy atom. The fraction of sp³-hybridized carbons (Fsp3) is 0.143. The van der Waals surface area contributed by atoms with E-state index in [4.69, 9.17) is 0 Å². The molecule has 0 N–H and O–H groups in total. The van der Waals surface area contributed by atoms with Gasteiger partial charge in [0.2, 0.25) is 0 Å². The third kappa shape index (κ3) is 5.49. The molecule has 5 nitrogen and oxygen atoms in total. The van der Waals surface area contributed by atoms with Gasteiger partial charge in [-0.1, -0.05) is 48.5 Å². The van der Waals surface area contributed by atoms with Crippen LogP contribution in [-0.2, 0) is 22.1 Å². The van der Waals surface area contributed by atoms with Gasteiger partial charge in [0.1, 0.15) is 5.49 Å². The average Bonchev–Trinajstić information content (AvgIpc) is 2.63. The van der Waals surface area contributed by atoms with Crippen molar-refractivity contribution in [2.75, 3.05) is 6.26 Å². The van der Waals surface area contributed by atoms with Gasteiger partial charge in [-0.2, -0.15) is 4.99 Å². The van der Waals surface area contributed by atoms with E-state index in [1.165, 1.54) is 6.26 Å². The molecule has 0 unspecified atom stereocenters. The third-order valence-electron chi connectivity index (χ3n) is 3.96. The van der Waals surface area contributed by atoms with Crippen LogP contribution in [0.4, 0.5) is 0 Å². The predicted molar refractivity (Wildman–Crippen MR) is 105 cm³/mol. The zero-order valence-corrected chi connectivity index (χ0v) is 15.8. The first-order chi connectivity index (χ1) is 12.9. The average molecular weight is 380 g/mol. The lowest BCUT2D eigenvalue weighted by Gasteiger charge is -2.07. The van der Waals surface area contributed by atoms with Crippen molar-refractivity contribution < 1.29 is 13.2 Å². The number of amides is 1. The molecule has 3 aromatic rings. The summed E-state index contributed by atoms with van der Waals surface area (Å²) < 4.78 is 24.6. The molecular formula is C21H20N2O3S. The summed E-state index contributed by atoms with van der Waals surface area (Å²) in [5, 5.41) is 0. The number of pyridine rings is 1. The number of aromatic nitrogens is 1. The maximum Gasteiger partial charge on any atom is 0.278 e. The lowest BCUT2D eigenvalue weighted by molar-refractivity contribution is 0.0997. The topological polar surface area (TPSA) is 68.5 Å². The van der Waals surface area contributed by atoms with Crippen LogP contribution >= 0.6 is 0 Å². The molecule has 0 saturated carbocycles. The number of hydrogen-bond donors (Lipinski definition) is 0. The van der Waals surface area contributed by atoms with Crippen LogP contribution in [0.2, 0.25) is 0 Å². The lowest BCUT2D eigenvalue weighted by Crippen LogP contribution is -2.22. The van der Waals surface area contributed by atoms with Crippen LogP contribution in [0.5, 0.6) is 0 Å². The van der Waals surface area contributed by atoms with E-state index in [1.807, 2.05) is 53.2 Å². The predicted octanol–water partition coefficient (Wildman–Crippen LogP) is 2.82. The van der Waals surface area contributed by atoms with E-state index in [0.717, 1.165) is 5.56 Å². The molecule has 0 atom stereocenters.